The van der Waals surface area contributed by atoms with Crippen molar-refractivity contribution in [3.63, 3.8) is 0 Å². The van der Waals surface area contributed by atoms with E-state index >= 15 is 0 Å². The normalized spacial score (nSPS) is 24.7. The minimum atomic E-state index is -0.894. The van der Waals surface area contributed by atoms with Gasteiger partial charge in [-0.1, -0.05) is 0 Å². The molecule has 6 nitrogen and oxygen atoms in total. The molecule has 1 aliphatic heterocycles. The van der Waals surface area contributed by atoms with Crippen molar-refractivity contribution in [3.8, 4) is 0 Å². The summed E-state index contributed by atoms with van der Waals surface area (Å²) in [4.78, 5) is 34.9. The lowest BCUT2D eigenvalue weighted by Crippen LogP contribution is -2.39. The number of primary amides is 1. The van der Waals surface area contributed by atoms with Crippen molar-refractivity contribution in [3.05, 3.63) is 0 Å². The fourth-order valence-electron chi connectivity index (χ4n) is 1.49. The highest BCUT2D eigenvalue weighted by Crippen LogP contribution is 2.30. The summed E-state index contributed by atoms with van der Waals surface area (Å²) >= 11 is 0. The van der Waals surface area contributed by atoms with Crippen molar-refractivity contribution < 1.29 is 14.4 Å². The van der Waals surface area contributed by atoms with E-state index in [4.69, 9.17) is 11.5 Å². The van der Waals surface area contributed by atoms with E-state index in [1.165, 1.54) is 0 Å². The van der Waals surface area contributed by atoms with E-state index in [-0.39, 0.29) is 18.9 Å². The van der Waals surface area contributed by atoms with Crippen LogP contribution in [0.1, 0.15) is 20.3 Å². The van der Waals surface area contributed by atoms with E-state index < -0.39 is 23.3 Å². The topological polar surface area (TPSA) is 106 Å². The monoisotopic (exact) mass is 213 g/mol. The van der Waals surface area contributed by atoms with Gasteiger partial charge in [-0.05, 0) is 13.8 Å². The quantitative estimate of drug-likeness (QED) is 0.561. The highest BCUT2D eigenvalue weighted by molar-refractivity contribution is 6.09. The largest absolute Gasteiger partial charge is 0.370 e. The minimum Gasteiger partial charge on any atom is -0.370 e. The van der Waals surface area contributed by atoms with Gasteiger partial charge in [-0.2, -0.15) is 0 Å². The SMILES string of the molecule is CC1(C)C(=O)N(CCC(N)=O)C(=O)C1N. The molecule has 1 atom stereocenters. The molecule has 4 N–H and O–H groups in total. The third kappa shape index (κ3) is 1.85. The molecule has 6 heteroatoms. The summed E-state index contributed by atoms with van der Waals surface area (Å²) in [7, 11) is 0. The zero-order valence-corrected chi connectivity index (χ0v) is 8.82. The first-order valence-electron chi connectivity index (χ1n) is 4.68. The van der Waals surface area contributed by atoms with Crippen LogP contribution < -0.4 is 11.5 Å². The van der Waals surface area contributed by atoms with E-state index in [9.17, 15) is 14.4 Å². The van der Waals surface area contributed by atoms with Gasteiger partial charge in [-0.15, -0.1) is 0 Å². The molecule has 0 bridgehead atoms. The summed E-state index contributed by atoms with van der Waals surface area (Å²) in [5.74, 6) is -1.33. The molecule has 1 unspecified atom stereocenters. The number of imide groups is 1. The van der Waals surface area contributed by atoms with E-state index in [1.54, 1.807) is 13.8 Å². The average molecular weight is 213 g/mol. The second-order valence-electron chi connectivity index (χ2n) is 4.21. The average Bonchev–Trinajstić information content (AvgIpc) is 2.27. The maximum absolute atomic E-state index is 11.7. The standard InChI is InChI=1S/C9H15N3O3/c1-9(2)6(11)7(14)12(8(9)15)4-3-5(10)13/h6H,3-4,11H2,1-2H3,(H2,10,13). The molecule has 0 aliphatic carbocycles. The Balaban J connectivity index is 2.80. The van der Waals surface area contributed by atoms with Crippen LogP contribution >= 0.6 is 0 Å². The molecule has 3 amide bonds. The molecule has 1 heterocycles. The molecule has 1 fully saturated rings. The predicted molar refractivity (Wildman–Crippen MR) is 52.3 cm³/mol. The third-order valence-electron chi connectivity index (χ3n) is 2.69. The second kappa shape index (κ2) is 3.62. The lowest BCUT2D eigenvalue weighted by molar-refractivity contribution is -0.141. The van der Waals surface area contributed by atoms with Crippen LogP contribution in [0.4, 0.5) is 0 Å². The number of hydrogen-bond acceptors (Lipinski definition) is 4. The number of carbonyl (C=O) groups is 3. The Hall–Kier alpha value is -1.43. The van der Waals surface area contributed by atoms with Gasteiger partial charge < -0.3 is 11.5 Å². The van der Waals surface area contributed by atoms with E-state index in [0.717, 1.165) is 4.90 Å². The van der Waals surface area contributed by atoms with Gasteiger partial charge in [0, 0.05) is 13.0 Å². The van der Waals surface area contributed by atoms with Crippen LogP contribution in [0.25, 0.3) is 0 Å². The van der Waals surface area contributed by atoms with E-state index in [2.05, 4.69) is 0 Å². The maximum atomic E-state index is 11.7. The molecule has 0 saturated carbocycles. The Morgan fingerprint density at radius 3 is 2.33 bits per heavy atom. The Morgan fingerprint density at radius 1 is 1.47 bits per heavy atom. The predicted octanol–water partition coefficient (Wildman–Crippen LogP) is -1.42. The molecule has 1 saturated heterocycles. The van der Waals surface area contributed by atoms with Gasteiger partial charge in [0.15, 0.2) is 0 Å². The molecule has 1 rings (SSSR count). The van der Waals surface area contributed by atoms with Gasteiger partial charge in [0.1, 0.15) is 0 Å². The van der Waals surface area contributed by atoms with Gasteiger partial charge in [-0.25, -0.2) is 0 Å². The smallest absolute Gasteiger partial charge is 0.247 e. The van der Waals surface area contributed by atoms with Crippen molar-refractivity contribution >= 4 is 17.7 Å². The van der Waals surface area contributed by atoms with Crippen LogP contribution in [0.5, 0.6) is 0 Å². The van der Waals surface area contributed by atoms with Crippen LogP contribution in [0.15, 0.2) is 0 Å². The first-order chi connectivity index (χ1) is 6.78. The lowest BCUT2D eigenvalue weighted by atomic mass is 9.87. The number of carbonyl (C=O) groups excluding carboxylic acids is 3. The van der Waals surface area contributed by atoms with Crippen molar-refractivity contribution in [2.75, 3.05) is 6.54 Å². The van der Waals surface area contributed by atoms with Gasteiger partial charge >= 0.3 is 0 Å². The van der Waals surface area contributed by atoms with Gasteiger partial charge in [0.05, 0.1) is 11.5 Å². The molecular formula is C9H15N3O3. The molecule has 0 aromatic rings. The first kappa shape index (κ1) is 11.6. The van der Waals surface area contributed by atoms with Crippen LogP contribution in [0.3, 0.4) is 0 Å². The first-order valence-corrected chi connectivity index (χ1v) is 4.68. The van der Waals surface area contributed by atoms with E-state index in [0.29, 0.717) is 0 Å². The maximum Gasteiger partial charge on any atom is 0.247 e. The summed E-state index contributed by atoms with van der Waals surface area (Å²) in [5, 5.41) is 0. The van der Waals surface area contributed by atoms with Crippen molar-refractivity contribution in [2.45, 2.75) is 26.3 Å². The van der Waals surface area contributed by atoms with Crippen LogP contribution in [0, 0.1) is 5.41 Å². The van der Waals surface area contributed by atoms with Gasteiger partial charge in [0.2, 0.25) is 17.7 Å². The molecule has 84 valence electrons. The minimum absolute atomic E-state index is 0.0180. The zero-order chi connectivity index (χ0) is 11.8. The molecule has 0 spiro atoms. The summed E-state index contributed by atoms with van der Waals surface area (Å²) < 4.78 is 0. The van der Waals surface area contributed by atoms with E-state index in [1.807, 2.05) is 0 Å². The number of nitrogens with two attached hydrogens (primary N) is 2. The Labute approximate surface area is 87.6 Å². The fourth-order valence-corrected chi connectivity index (χ4v) is 1.49. The van der Waals surface area contributed by atoms with Crippen molar-refractivity contribution in [1.29, 1.82) is 0 Å². The highest BCUT2D eigenvalue weighted by Gasteiger charge is 2.51. The lowest BCUT2D eigenvalue weighted by Gasteiger charge is -2.18. The van der Waals surface area contributed by atoms with Crippen LogP contribution in [-0.2, 0) is 14.4 Å². The molecule has 15 heavy (non-hydrogen) atoms. The second-order valence-corrected chi connectivity index (χ2v) is 4.21. The number of rotatable bonds is 3. The summed E-state index contributed by atoms with van der Waals surface area (Å²) in [6.07, 6.45) is -0.0275. The zero-order valence-electron chi connectivity index (χ0n) is 8.82. The molecule has 0 aromatic carbocycles. The van der Waals surface area contributed by atoms with Crippen molar-refractivity contribution in [1.82, 2.24) is 4.90 Å². The molecule has 1 aliphatic rings. The van der Waals surface area contributed by atoms with Crippen molar-refractivity contribution in [2.24, 2.45) is 16.9 Å². The van der Waals surface area contributed by atoms with Gasteiger partial charge in [-0.3, -0.25) is 19.3 Å². The fraction of sp³-hybridized carbons (Fsp3) is 0.667. The Bertz CT molecular complexity index is 325. The number of likely N-dealkylation sites (tertiary alicyclic amines) is 1. The number of nitrogens with zero attached hydrogens (tertiary/aromatic N) is 1. The summed E-state index contributed by atoms with van der Waals surface area (Å²) in [6, 6.07) is -0.835. The molecule has 0 aromatic heterocycles. The third-order valence-corrected chi connectivity index (χ3v) is 2.69. The molecule has 0 radical (unpaired) electrons. The van der Waals surface area contributed by atoms with Crippen LogP contribution in [0.2, 0.25) is 0 Å². The Kier molecular flexibility index (Phi) is 2.81. The molecular weight excluding hydrogens is 198 g/mol. The summed E-state index contributed by atoms with van der Waals surface area (Å²) in [5.41, 5.74) is 9.67. The van der Waals surface area contributed by atoms with Gasteiger partial charge in [0.25, 0.3) is 0 Å². The number of hydrogen-bond donors (Lipinski definition) is 2. The van der Waals surface area contributed by atoms with Crippen LogP contribution in [-0.4, -0.2) is 35.2 Å². The highest BCUT2D eigenvalue weighted by atomic mass is 16.2. The number of amides is 3. The Morgan fingerprint density at radius 2 is 2.00 bits per heavy atom. The summed E-state index contributed by atoms with van der Waals surface area (Å²) in [6.45, 7) is 3.24.